The number of carbonyl (C=O) groups is 1. The summed E-state index contributed by atoms with van der Waals surface area (Å²) in [6.45, 7) is 1.96. The Morgan fingerprint density at radius 1 is 1.00 bits per heavy atom. The van der Waals surface area contributed by atoms with Gasteiger partial charge in [-0.15, -0.1) is 0 Å². The van der Waals surface area contributed by atoms with E-state index in [0.29, 0.717) is 11.6 Å². The van der Waals surface area contributed by atoms with Gasteiger partial charge in [-0.2, -0.15) is 0 Å². The van der Waals surface area contributed by atoms with Gasteiger partial charge < -0.3 is 4.74 Å². The molecule has 20 heavy (non-hydrogen) atoms. The highest BCUT2D eigenvalue weighted by atomic mass is 16.6. The number of benzene rings is 2. The minimum absolute atomic E-state index is 0.328. The van der Waals surface area contributed by atoms with Crippen LogP contribution in [0.15, 0.2) is 65.3 Å². The number of esters is 1. The zero-order chi connectivity index (χ0) is 13.9. The Kier molecular flexibility index (Phi) is 3.17. The number of carbonyl (C=O) groups excluding carboxylic acids is 1. The Labute approximate surface area is 117 Å². The molecule has 0 radical (unpaired) electrons. The zero-order valence-corrected chi connectivity index (χ0v) is 11.0. The van der Waals surface area contributed by atoms with Crippen molar-refractivity contribution in [2.45, 2.75) is 6.92 Å². The first kappa shape index (κ1) is 12.4. The van der Waals surface area contributed by atoms with Gasteiger partial charge in [0.2, 0.25) is 5.90 Å². The molecule has 0 saturated heterocycles. The summed E-state index contributed by atoms with van der Waals surface area (Å²) in [6, 6.07) is 17.3. The summed E-state index contributed by atoms with van der Waals surface area (Å²) >= 11 is 0. The Hall–Kier alpha value is -2.68. The van der Waals surface area contributed by atoms with Crippen LogP contribution in [-0.2, 0) is 9.53 Å². The lowest BCUT2D eigenvalue weighted by Crippen LogP contribution is -2.06. The summed E-state index contributed by atoms with van der Waals surface area (Å²) in [5, 5.41) is 0. The lowest BCUT2D eigenvalue weighted by atomic mass is 10.1. The van der Waals surface area contributed by atoms with Crippen LogP contribution in [0, 0.1) is 6.92 Å². The van der Waals surface area contributed by atoms with Crippen molar-refractivity contribution in [3.8, 4) is 0 Å². The molecule has 0 amide bonds. The number of hydrogen-bond acceptors (Lipinski definition) is 3. The molecule has 2 aromatic carbocycles. The van der Waals surface area contributed by atoms with Crippen molar-refractivity contribution < 1.29 is 9.53 Å². The molecule has 1 heterocycles. The molecule has 0 aromatic heterocycles. The summed E-state index contributed by atoms with van der Waals surface area (Å²) in [5.74, 6) is -0.0395. The minimum Gasteiger partial charge on any atom is -0.402 e. The predicted molar refractivity (Wildman–Crippen MR) is 78.2 cm³/mol. The van der Waals surface area contributed by atoms with Crippen molar-refractivity contribution in [3.63, 3.8) is 0 Å². The fourth-order valence-electron chi connectivity index (χ4n) is 2.04. The molecule has 0 atom stereocenters. The third-order valence-corrected chi connectivity index (χ3v) is 3.10. The van der Waals surface area contributed by atoms with Crippen molar-refractivity contribution in [2.24, 2.45) is 4.99 Å². The van der Waals surface area contributed by atoms with Crippen molar-refractivity contribution in [2.75, 3.05) is 0 Å². The summed E-state index contributed by atoms with van der Waals surface area (Å²) in [4.78, 5) is 16.2. The molecule has 0 unspecified atom stereocenters. The number of nitrogens with zero attached hydrogens (tertiary/aromatic N) is 1. The monoisotopic (exact) mass is 263 g/mol. The molecule has 3 nitrogen and oxygen atoms in total. The minimum atomic E-state index is -0.410. The molecule has 1 aliphatic rings. The molecule has 1 aliphatic heterocycles. The fraction of sp³-hybridized carbons (Fsp3) is 0.0588. The zero-order valence-electron chi connectivity index (χ0n) is 11.0. The third kappa shape index (κ3) is 2.38. The highest BCUT2D eigenvalue weighted by Gasteiger charge is 2.24. The number of rotatable bonds is 2. The van der Waals surface area contributed by atoms with E-state index in [4.69, 9.17) is 4.74 Å². The average molecular weight is 263 g/mol. The molecule has 0 saturated carbocycles. The van der Waals surface area contributed by atoms with Gasteiger partial charge in [0, 0.05) is 5.56 Å². The van der Waals surface area contributed by atoms with Crippen LogP contribution in [0.25, 0.3) is 6.08 Å². The van der Waals surface area contributed by atoms with Gasteiger partial charge in [-0.1, -0.05) is 48.5 Å². The van der Waals surface area contributed by atoms with Crippen LogP contribution in [0.5, 0.6) is 0 Å². The number of aryl methyl sites for hydroxylation is 1. The molecule has 3 heteroatoms. The van der Waals surface area contributed by atoms with Crippen molar-refractivity contribution in [1.82, 2.24) is 0 Å². The number of hydrogen-bond donors (Lipinski definition) is 0. The largest absolute Gasteiger partial charge is 0.402 e. The maximum absolute atomic E-state index is 11.9. The third-order valence-electron chi connectivity index (χ3n) is 3.10. The first-order chi connectivity index (χ1) is 9.74. The summed E-state index contributed by atoms with van der Waals surface area (Å²) in [7, 11) is 0. The highest BCUT2D eigenvalue weighted by Crippen LogP contribution is 2.20. The van der Waals surface area contributed by atoms with Crippen LogP contribution in [-0.4, -0.2) is 11.9 Å². The Balaban J connectivity index is 1.98. The van der Waals surface area contributed by atoms with Gasteiger partial charge in [0.1, 0.15) is 0 Å². The van der Waals surface area contributed by atoms with Crippen LogP contribution in [0.3, 0.4) is 0 Å². The second-order valence-electron chi connectivity index (χ2n) is 4.56. The number of cyclic esters (lactones) is 1. The maximum Gasteiger partial charge on any atom is 0.363 e. The molecule has 3 rings (SSSR count). The first-order valence-electron chi connectivity index (χ1n) is 6.37. The second kappa shape index (κ2) is 5.13. The second-order valence-corrected chi connectivity index (χ2v) is 4.56. The summed E-state index contributed by atoms with van der Waals surface area (Å²) in [6.07, 6.45) is 1.73. The molecule has 2 aromatic rings. The van der Waals surface area contributed by atoms with Gasteiger partial charge in [-0.25, -0.2) is 9.79 Å². The van der Waals surface area contributed by atoms with Gasteiger partial charge in [-0.05, 0) is 30.2 Å². The van der Waals surface area contributed by atoms with E-state index in [2.05, 4.69) is 4.99 Å². The Morgan fingerprint density at radius 3 is 2.45 bits per heavy atom. The normalized spacial score (nSPS) is 16.1. The van der Waals surface area contributed by atoms with Crippen LogP contribution >= 0.6 is 0 Å². The van der Waals surface area contributed by atoms with E-state index < -0.39 is 5.97 Å². The molecule has 0 aliphatic carbocycles. The average Bonchev–Trinajstić information content (AvgIpc) is 2.81. The van der Waals surface area contributed by atoms with Crippen LogP contribution in [0.2, 0.25) is 0 Å². The van der Waals surface area contributed by atoms with Gasteiger partial charge in [0.15, 0.2) is 5.70 Å². The van der Waals surface area contributed by atoms with Crippen molar-refractivity contribution >= 4 is 17.9 Å². The summed E-state index contributed by atoms with van der Waals surface area (Å²) < 4.78 is 5.26. The van der Waals surface area contributed by atoms with Gasteiger partial charge >= 0.3 is 5.97 Å². The maximum atomic E-state index is 11.9. The van der Waals surface area contributed by atoms with Crippen LogP contribution in [0.4, 0.5) is 0 Å². The molecular weight excluding hydrogens is 250 g/mol. The van der Waals surface area contributed by atoms with Gasteiger partial charge in [0.05, 0.1) is 0 Å². The van der Waals surface area contributed by atoms with E-state index in [-0.39, 0.29) is 0 Å². The molecule has 0 N–H and O–H groups in total. The predicted octanol–water partition coefficient (Wildman–Crippen LogP) is 3.34. The van der Waals surface area contributed by atoms with E-state index in [9.17, 15) is 4.79 Å². The quantitative estimate of drug-likeness (QED) is 0.615. The Morgan fingerprint density at radius 2 is 1.70 bits per heavy atom. The van der Waals surface area contributed by atoms with Crippen molar-refractivity contribution in [1.29, 1.82) is 0 Å². The van der Waals surface area contributed by atoms with E-state index in [1.54, 1.807) is 6.08 Å². The fourth-order valence-corrected chi connectivity index (χ4v) is 2.04. The van der Waals surface area contributed by atoms with E-state index in [1.165, 1.54) is 0 Å². The Bertz CT molecular complexity index is 715. The topological polar surface area (TPSA) is 38.7 Å². The smallest absolute Gasteiger partial charge is 0.363 e. The lowest BCUT2D eigenvalue weighted by molar-refractivity contribution is -0.129. The lowest BCUT2D eigenvalue weighted by Gasteiger charge is -2.02. The molecular formula is C17H13NO2. The highest BCUT2D eigenvalue weighted by molar-refractivity contribution is 6.13. The van der Waals surface area contributed by atoms with E-state index in [1.807, 2.05) is 61.5 Å². The summed E-state index contributed by atoms with van der Waals surface area (Å²) in [5.41, 5.74) is 3.13. The molecule has 0 bridgehead atoms. The van der Waals surface area contributed by atoms with E-state index in [0.717, 1.165) is 16.7 Å². The number of aliphatic imine (C=N–C) groups is 1. The van der Waals surface area contributed by atoms with Gasteiger partial charge in [0.25, 0.3) is 0 Å². The molecule has 98 valence electrons. The van der Waals surface area contributed by atoms with Crippen LogP contribution < -0.4 is 0 Å². The van der Waals surface area contributed by atoms with E-state index >= 15 is 0 Å². The standard InChI is InChI=1S/C17H13NO2/c1-12-7-5-6-10-14(12)16-18-15(17(19)20-16)11-13-8-3-2-4-9-13/h2-11H,1H3. The SMILES string of the molecule is Cc1ccccc1C1=NC(=Cc2ccccc2)C(=O)O1. The van der Waals surface area contributed by atoms with Crippen LogP contribution in [0.1, 0.15) is 16.7 Å². The number of ether oxygens (including phenoxy) is 1. The van der Waals surface area contributed by atoms with Gasteiger partial charge in [-0.3, -0.25) is 0 Å². The first-order valence-corrected chi connectivity index (χ1v) is 6.37. The van der Waals surface area contributed by atoms with Crippen molar-refractivity contribution in [3.05, 3.63) is 77.0 Å². The molecule has 0 spiro atoms. The molecule has 0 fully saturated rings.